The summed E-state index contributed by atoms with van der Waals surface area (Å²) in [5, 5.41) is 3.53. The first-order valence-corrected chi connectivity index (χ1v) is 10.8. The van der Waals surface area contributed by atoms with Gasteiger partial charge in [-0.25, -0.2) is 0 Å². The second kappa shape index (κ2) is 9.14. The summed E-state index contributed by atoms with van der Waals surface area (Å²) in [6.45, 7) is 1.86. The fourth-order valence-corrected chi connectivity index (χ4v) is 4.36. The summed E-state index contributed by atoms with van der Waals surface area (Å²) in [5.41, 5.74) is 1.16. The molecule has 2 aromatic rings. The molecule has 2 heterocycles. The van der Waals surface area contributed by atoms with Gasteiger partial charge in [-0.1, -0.05) is 41.4 Å². The van der Waals surface area contributed by atoms with Crippen LogP contribution in [0.2, 0.25) is 10.0 Å². The van der Waals surface area contributed by atoms with Crippen LogP contribution in [0.3, 0.4) is 0 Å². The number of amides is 2. The maximum Gasteiger partial charge on any atom is 0.265 e. The molecule has 2 aromatic carbocycles. The summed E-state index contributed by atoms with van der Waals surface area (Å²) in [6, 6.07) is 12.5. The van der Waals surface area contributed by atoms with Crippen LogP contribution in [0.15, 0.2) is 42.5 Å². The highest BCUT2D eigenvalue weighted by Gasteiger charge is 2.34. The second-order valence-corrected chi connectivity index (χ2v) is 8.30. The zero-order valence-electron chi connectivity index (χ0n) is 16.4. The van der Waals surface area contributed by atoms with E-state index in [4.69, 9.17) is 27.9 Å². The lowest BCUT2D eigenvalue weighted by atomic mass is 10.1. The van der Waals surface area contributed by atoms with Crippen LogP contribution in [0.1, 0.15) is 19.3 Å². The lowest BCUT2D eigenvalue weighted by Crippen LogP contribution is -2.52. The maximum absolute atomic E-state index is 13.0. The van der Waals surface area contributed by atoms with Gasteiger partial charge < -0.3 is 19.9 Å². The van der Waals surface area contributed by atoms with Gasteiger partial charge in [-0.15, -0.1) is 0 Å². The van der Waals surface area contributed by atoms with E-state index in [1.807, 2.05) is 34.1 Å². The Kier molecular flexibility index (Phi) is 6.35. The number of piperidine rings is 1. The van der Waals surface area contributed by atoms with Crippen molar-refractivity contribution in [1.29, 1.82) is 0 Å². The fourth-order valence-electron chi connectivity index (χ4n) is 3.87. The number of fused-ring (bicyclic) bond motifs is 1. The molecular formula is C22H23Cl2N3O3. The average Bonchev–Trinajstić information content (AvgIpc) is 2.76. The summed E-state index contributed by atoms with van der Waals surface area (Å²) in [6.07, 6.45) is 2.53. The van der Waals surface area contributed by atoms with E-state index in [1.54, 1.807) is 18.2 Å². The van der Waals surface area contributed by atoms with Gasteiger partial charge >= 0.3 is 0 Å². The first kappa shape index (κ1) is 20.8. The molecule has 1 saturated heterocycles. The Hall–Kier alpha value is -2.44. The number of halogens is 2. The second-order valence-electron chi connectivity index (χ2n) is 7.49. The number of para-hydroxylation sites is 3. The normalized spacial score (nSPS) is 18.4. The third kappa shape index (κ3) is 4.50. The molecule has 2 aliphatic heterocycles. The number of carbonyl (C=O) groups is 2. The summed E-state index contributed by atoms with van der Waals surface area (Å²) in [7, 11) is 0. The Bertz CT molecular complexity index is 927. The monoisotopic (exact) mass is 447 g/mol. The molecule has 0 bridgehead atoms. The highest BCUT2D eigenvalue weighted by atomic mass is 35.5. The molecule has 1 fully saturated rings. The van der Waals surface area contributed by atoms with Gasteiger partial charge in [-0.2, -0.15) is 0 Å². The van der Waals surface area contributed by atoms with Crippen LogP contribution in [0.25, 0.3) is 0 Å². The van der Waals surface area contributed by atoms with Gasteiger partial charge in [0.15, 0.2) is 6.10 Å². The van der Waals surface area contributed by atoms with E-state index in [0.29, 0.717) is 28.0 Å². The smallest absolute Gasteiger partial charge is 0.265 e. The number of ether oxygens (including phenoxy) is 1. The molecule has 30 heavy (non-hydrogen) atoms. The molecule has 1 unspecified atom stereocenters. The molecule has 2 amide bonds. The zero-order chi connectivity index (χ0) is 21.1. The highest BCUT2D eigenvalue weighted by Crippen LogP contribution is 2.34. The summed E-state index contributed by atoms with van der Waals surface area (Å²) in [4.78, 5) is 29.5. The standard InChI is InChI=1S/C22H23Cl2N3O3/c23-15-7-6-8-16(24)21(15)25-20(28)14-27-13-19(22(29)26-11-4-1-5-12-26)30-18-10-3-2-9-17(18)27/h2-3,6-10,19H,1,4-5,11-14H2,(H,25,28). The Balaban J connectivity index is 1.51. The number of nitrogens with zero attached hydrogens (tertiary/aromatic N) is 2. The van der Waals surface area contributed by atoms with Crippen molar-refractivity contribution >= 4 is 46.4 Å². The molecule has 0 aliphatic carbocycles. The van der Waals surface area contributed by atoms with Gasteiger partial charge in [0.2, 0.25) is 5.91 Å². The van der Waals surface area contributed by atoms with Crippen LogP contribution in [0, 0.1) is 0 Å². The number of nitrogens with one attached hydrogen (secondary N) is 1. The van der Waals surface area contributed by atoms with Crippen molar-refractivity contribution in [1.82, 2.24) is 4.90 Å². The van der Waals surface area contributed by atoms with Gasteiger partial charge in [-0.3, -0.25) is 9.59 Å². The Morgan fingerprint density at radius 3 is 2.43 bits per heavy atom. The van der Waals surface area contributed by atoms with Crippen molar-refractivity contribution in [2.45, 2.75) is 25.4 Å². The molecule has 8 heteroatoms. The molecule has 0 radical (unpaired) electrons. The van der Waals surface area contributed by atoms with E-state index in [0.717, 1.165) is 38.0 Å². The Morgan fingerprint density at radius 1 is 1.00 bits per heavy atom. The fraction of sp³-hybridized carbons (Fsp3) is 0.364. The van der Waals surface area contributed by atoms with Crippen molar-refractivity contribution in [3.05, 3.63) is 52.5 Å². The van der Waals surface area contributed by atoms with E-state index in [1.165, 1.54) is 0 Å². The molecular weight excluding hydrogens is 425 g/mol. The number of likely N-dealkylation sites (tertiary alicyclic amines) is 1. The van der Waals surface area contributed by atoms with Crippen LogP contribution >= 0.6 is 23.2 Å². The summed E-state index contributed by atoms with van der Waals surface area (Å²) >= 11 is 12.3. The van der Waals surface area contributed by atoms with E-state index in [-0.39, 0.29) is 18.4 Å². The molecule has 6 nitrogen and oxygen atoms in total. The first-order valence-electron chi connectivity index (χ1n) is 10.1. The number of benzene rings is 2. The topological polar surface area (TPSA) is 61.9 Å². The van der Waals surface area contributed by atoms with Crippen LogP contribution in [-0.2, 0) is 9.59 Å². The minimum Gasteiger partial charge on any atom is -0.477 e. The molecule has 0 aromatic heterocycles. The van der Waals surface area contributed by atoms with E-state index in [9.17, 15) is 9.59 Å². The number of carbonyl (C=O) groups excluding carboxylic acids is 2. The third-order valence-electron chi connectivity index (χ3n) is 5.37. The predicted molar refractivity (Wildman–Crippen MR) is 119 cm³/mol. The third-order valence-corrected chi connectivity index (χ3v) is 6.00. The van der Waals surface area contributed by atoms with Gasteiger partial charge in [0, 0.05) is 13.1 Å². The zero-order valence-corrected chi connectivity index (χ0v) is 18.0. The Labute approximate surface area is 185 Å². The van der Waals surface area contributed by atoms with Crippen molar-refractivity contribution in [2.75, 3.05) is 36.4 Å². The molecule has 158 valence electrons. The van der Waals surface area contributed by atoms with Crippen LogP contribution in [0.4, 0.5) is 11.4 Å². The number of rotatable bonds is 4. The molecule has 1 N–H and O–H groups in total. The molecule has 1 atom stereocenters. The summed E-state index contributed by atoms with van der Waals surface area (Å²) in [5.74, 6) is 0.303. The molecule has 4 rings (SSSR count). The quantitative estimate of drug-likeness (QED) is 0.762. The average molecular weight is 448 g/mol. The minimum atomic E-state index is -0.644. The number of anilines is 2. The summed E-state index contributed by atoms with van der Waals surface area (Å²) < 4.78 is 6.01. The largest absolute Gasteiger partial charge is 0.477 e. The number of hydrogen-bond acceptors (Lipinski definition) is 4. The van der Waals surface area contributed by atoms with E-state index >= 15 is 0 Å². The van der Waals surface area contributed by atoms with Gasteiger partial charge in [-0.05, 0) is 43.5 Å². The van der Waals surface area contributed by atoms with Gasteiger partial charge in [0.05, 0.1) is 34.5 Å². The van der Waals surface area contributed by atoms with Crippen LogP contribution < -0.4 is 15.0 Å². The lowest BCUT2D eigenvalue weighted by Gasteiger charge is -2.38. The minimum absolute atomic E-state index is 0.0243. The Morgan fingerprint density at radius 2 is 1.70 bits per heavy atom. The van der Waals surface area contributed by atoms with Crippen molar-refractivity contribution in [3.8, 4) is 5.75 Å². The molecule has 2 aliphatic rings. The maximum atomic E-state index is 13.0. The van der Waals surface area contributed by atoms with E-state index in [2.05, 4.69) is 5.32 Å². The van der Waals surface area contributed by atoms with Crippen molar-refractivity contribution in [3.63, 3.8) is 0 Å². The highest BCUT2D eigenvalue weighted by molar-refractivity contribution is 6.39. The first-order chi connectivity index (χ1) is 14.5. The molecule has 0 spiro atoms. The van der Waals surface area contributed by atoms with Crippen molar-refractivity contribution < 1.29 is 14.3 Å². The van der Waals surface area contributed by atoms with E-state index < -0.39 is 6.10 Å². The van der Waals surface area contributed by atoms with Crippen LogP contribution in [0.5, 0.6) is 5.75 Å². The van der Waals surface area contributed by atoms with Gasteiger partial charge in [0.25, 0.3) is 5.91 Å². The molecule has 0 saturated carbocycles. The van der Waals surface area contributed by atoms with Crippen molar-refractivity contribution in [2.24, 2.45) is 0 Å². The SMILES string of the molecule is O=C(CN1CC(C(=O)N2CCCCC2)Oc2ccccc21)Nc1c(Cl)cccc1Cl. The number of hydrogen-bond donors (Lipinski definition) is 1. The van der Waals surface area contributed by atoms with Crippen LogP contribution in [-0.4, -0.2) is 49.0 Å². The lowest BCUT2D eigenvalue weighted by molar-refractivity contribution is -0.139. The van der Waals surface area contributed by atoms with Gasteiger partial charge in [0.1, 0.15) is 5.75 Å². The predicted octanol–water partition coefficient (Wildman–Crippen LogP) is 4.21.